The number of hydrogen-bond donors (Lipinski definition) is 1. The van der Waals surface area contributed by atoms with Gasteiger partial charge in [0.1, 0.15) is 5.76 Å². The summed E-state index contributed by atoms with van der Waals surface area (Å²) >= 11 is 0. The smallest absolute Gasteiger partial charge is 0.194 e. The highest BCUT2D eigenvalue weighted by atomic mass is 16.5. The van der Waals surface area contributed by atoms with Crippen molar-refractivity contribution >= 4 is 5.96 Å². The largest absolute Gasteiger partial charge is 0.361 e. The van der Waals surface area contributed by atoms with Gasteiger partial charge in [-0.25, -0.2) is 0 Å². The number of nitrogens with zero attached hydrogens (tertiary/aromatic N) is 5. The van der Waals surface area contributed by atoms with Crippen LogP contribution in [0.1, 0.15) is 48.3 Å². The second-order valence-electron chi connectivity index (χ2n) is 9.05. The first kappa shape index (κ1) is 22.8. The zero-order valence-corrected chi connectivity index (χ0v) is 19.7. The number of guanidine groups is 1. The Bertz CT molecular complexity index is 863. The minimum absolute atomic E-state index is 0.815. The summed E-state index contributed by atoms with van der Waals surface area (Å²) in [4.78, 5) is 12.0. The van der Waals surface area contributed by atoms with E-state index < -0.39 is 0 Å². The standard InChI is InChI=1S/C25H38N6O/c1-21-17-24(28-32-21)20-30-13-15-31(16-14-30)25(26-2)27-18-22-9-5-6-10-23(22)19-29-11-7-3-4-8-12-29/h5-6,9-10,17H,3-4,7-8,11-16,18-20H2,1-2H3,(H,26,27). The Hall–Kier alpha value is -2.38. The van der Waals surface area contributed by atoms with Crippen molar-refractivity contribution < 1.29 is 4.52 Å². The van der Waals surface area contributed by atoms with E-state index in [1.807, 2.05) is 20.0 Å². The summed E-state index contributed by atoms with van der Waals surface area (Å²) in [6.45, 7) is 11.0. The lowest BCUT2D eigenvalue weighted by Crippen LogP contribution is -2.52. The van der Waals surface area contributed by atoms with Gasteiger partial charge in [0.05, 0.1) is 5.69 Å². The van der Waals surface area contributed by atoms with Gasteiger partial charge >= 0.3 is 0 Å². The van der Waals surface area contributed by atoms with Crippen LogP contribution in [0.2, 0.25) is 0 Å². The molecule has 2 aliphatic rings. The fraction of sp³-hybridized carbons (Fsp3) is 0.600. The highest BCUT2D eigenvalue weighted by Crippen LogP contribution is 2.16. The number of nitrogens with one attached hydrogen (secondary N) is 1. The first-order valence-corrected chi connectivity index (χ1v) is 12.1. The van der Waals surface area contributed by atoms with Crippen LogP contribution in [0.3, 0.4) is 0 Å². The van der Waals surface area contributed by atoms with E-state index in [2.05, 4.69) is 54.4 Å². The average Bonchev–Trinajstić information content (AvgIpc) is 3.05. The molecule has 1 aromatic heterocycles. The van der Waals surface area contributed by atoms with Crippen molar-refractivity contribution in [1.82, 2.24) is 25.2 Å². The maximum absolute atomic E-state index is 5.20. The Balaban J connectivity index is 1.28. The number of piperazine rings is 1. The van der Waals surface area contributed by atoms with Crippen LogP contribution in [0.4, 0.5) is 0 Å². The van der Waals surface area contributed by atoms with E-state index in [1.165, 1.54) is 49.9 Å². The van der Waals surface area contributed by atoms with Gasteiger partial charge in [-0.2, -0.15) is 0 Å². The van der Waals surface area contributed by atoms with Gasteiger partial charge in [-0.15, -0.1) is 0 Å². The Morgan fingerprint density at radius 1 is 0.938 bits per heavy atom. The third-order valence-electron chi connectivity index (χ3n) is 6.59. The molecule has 0 radical (unpaired) electrons. The monoisotopic (exact) mass is 438 g/mol. The van der Waals surface area contributed by atoms with E-state index >= 15 is 0 Å². The van der Waals surface area contributed by atoms with Crippen molar-refractivity contribution in [3.05, 3.63) is 52.9 Å². The average molecular weight is 439 g/mol. The minimum atomic E-state index is 0.815. The van der Waals surface area contributed by atoms with Gasteiger partial charge in [0.25, 0.3) is 0 Å². The van der Waals surface area contributed by atoms with Gasteiger partial charge in [-0.3, -0.25) is 14.8 Å². The molecular formula is C25H38N6O. The van der Waals surface area contributed by atoms with E-state index in [1.54, 1.807) is 0 Å². The van der Waals surface area contributed by atoms with E-state index in [0.717, 1.165) is 63.2 Å². The molecule has 1 N–H and O–H groups in total. The molecule has 0 atom stereocenters. The number of aliphatic imine (C=N–C) groups is 1. The highest BCUT2D eigenvalue weighted by molar-refractivity contribution is 5.80. The molecule has 2 saturated heterocycles. The quantitative estimate of drug-likeness (QED) is 0.552. The lowest BCUT2D eigenvalue weighted by molar-refractivity contribution is 0.169. The third kappa shape index (κ3) is 6.33. The van der Waals surface area contributed by atoms with Crippen LogP contribution in [0.25, 0.3) is 0 Å². The summed E-state index contributed by atoms with van der Waals surface area (Å²) < 4.78 is 5.20. The first-order chi connectivity index (χ1) is 15.7. The molecule has 32 heavy (non-hydrogen) atoms. The van der Waals surface area contributed by atoms with E-state index in [9.17, 15) is 0 Å². The van der Waals surface area contributed by atoms with Gasteiger partial charge in [0.2, 0.25) is 0 Å². The summed E-state index contributed by atoms with van der Waals surface area (Å²) in [5.41, 5.74) is 3.82. The molecule has 2 aromatic rings. The molecule has 2 fully saturated rings. The predicted octanol–water partition coefficient (Wildman–Crippen LogP) is 3.25. The number of likely N-dealkylation sites (tertiary alicyclic amines) is 1. The second-order valence-corrected chi connectivity index (χ2v) is 9.05. The molecule has 0 saturated carbocycles. The normalized spacial score (nSPS) is 19.2. The van der Waals surface area contributed by atoms with Crippen molar-refractivity contribution in [3.63, 3.8) is 0 Å². The van der Waals surface area contributed by atoms with Crippen LogP contribution in [0.15, 0.2) is 39.8 Å². The molecule has 0 aliphatic carbocycles. The van der Waals surface area contributed by atoms with Gasteiger partial charge in [0.15, 0.2) is 5.96 Å². The maximum Gasteiger partial charge on any atom is 0.194 e. The molecule has 0 unspecified atom stereocenters. The lowest BCUT2D eigenvalue weighted by atomic mass is 10.1. The summed E-state index contributed by atoms with van der Waals surface area (Å²) in [6.07, 6.45) is 5.41. The third-order valence-corrected chi connectivity index (χ3v) is 6.59. The minimum Gasteiger partial charge on any atom is -0.361 e. The van der Waals surface area contributed by atoms with Crippen molar-refractivity contribution in [3.8, 4) is 0 Å². The highest BCUT2D eigenvalue weighted by Gasteiger charge is 2.21. The van der Waals surface area contributed by atoms with Gasteiger partial charge in [-0.05, 0) is 44.0 Å². The SMILES string of the molecule is CN=C(NCc1ccccc1CN1CCCCCC1)N1CCN(Cc2cc(C)on2)CC1. The Morgan fingerprint density at radius 2 is 1.62 bits per heavy atom. The van der Waals surface area contributed by atoms with E-state index in [4.69, 9.17) is 4.52 Å². The molecular weight excluding hydrogens is 400 g/mol. The molecule has 1 aromatic carbocycles. The van der Waals surface area contributed by atoms with E-state index in [0.29, 0.717) is 0 Å². The number of benzene rings is 1. The maximum atomic E-state index is 5.20. The fourth-order valence-electron chi connectivity index (χ4n) is 4.77. The Labute approximate surface area is 192 Å². The molecule has 0 spiro atoms. The number of hydrogen-bond acceptors (Lipinski definition) is 5. The van der Waals surface area contributed by atoms with Crippen LogP contribution in [-0.4, -0.2) is 72.1 Å². The molecule has 174 valence electrons. The van der Waals surface area contributed by atoms with Crippen LogP contribution in [0.5, 0.6) is 0 Å². The zero-order chi connectivity index (χ0) is 22.2. The zero-order valence-electron chi connectivity index (χ0n) is 19.7. The van der Waals surface area contributed by atoms with Crippen LogP contribution in [0, 0.1) is 6.92 Å². The van der Waals surface area contributed by atoms with Crippen molar-refractivity contribution in [2.24, 2.45) is 4.99 Å². The molecule has 2 aliphatic heterocycles. The van der Waals surface area contributed by atoms with Crippen LogP contribution < -0.4 is 5.32 Å². The summed E-state index contributed by atoms with van der Waals surface area (Å²) in [5.74, 6) is 1.87. The molecule has 7 nitrogen and oxygen atoms in total. The number of aromatic nitrogens is 1. The first-order valence-electron chi connectivity index (χ1n) is 12.1. The van der Waals surface area contributed by atoms with Crippen LogP contribution in [-0.2, 0) is 19.6 Å². The van der Waals surface area contributed by atoms with Crippen molar-refractivity contribution in [2.75, 3.05) is 46.3 Å². The topological polar surface area (TPSA) is 60.1 Å². The summed E-state index contributed by atoms with van der Waals surface area (Å²) in [5, 5.41) is 7.75. The predicted molar refractivity (Wildman–Crippen MR) is 128 cm³/mol. The summed E-state index contributed by atoms with van der Waals surface area (Å²) in [6, 6.07) is 10.9. The number of aryl methyl sites for hydroxylation is 1. The van der Waals surface area contributed by atoms with Gasteiger partial charge < -0.3 is 14.7 Å². The molecule has 7 heteroatoms. The van der Waals surface area contributed by atoms with Crippen molar-refractivity contribution in [2.45, 2.75) is 52.2 Å². The molecule has 0 amide bonds. The van der Waals surface area contributed by atoms with Crippen LogP contribution >= 0.6 is 0 Å². The second kappa shape index (κ2) is 11.5. The molecule has 3 heterocycles. The van der Waals surface area contributed by atoms with Crippen molar-refractivity contribution in [1.29, 1.82) is 0 Å². The number of rotatable bonds is 6. The molecule has 4 rings (SSSR count). The van der Waals surface area contributed by atoms with Gasteiger partial charge in [-0.1, -0.05) is 42.3 Å². The Morgan fingerprint density at radius 3 is 2.28 bits per heavy atom. The lowest BCUT2D eigenvalue weighted by Gasteiger charge is -2.36. The molecule has 0 bridgehead atoms. The van der Waals surface area contributed by atoms with E-state index in [-0.39, 0.29) is 0 Å². The summed E-state index contributed by atoms with van der Waals surface area (Å²) in [7, 11) is 1.88. The Kier molecular flexibility index (Phi) is 8.18. The fourth-order valence-corrected chi connectivity index (χ4v) is 4.77. The van der Waals surface area contributed by atoms with Gasteiger partial charge in [0, 0.05) is 58.9 Å².